The summed E-state index contributed by atoms with van der Waals surface area (Å²) in [4.78, 5) is 6.02. The Morgan fingerprint density at radius 1 is 1.12 bits per heavy atom. The predicted octanol–water partition coefficient (Wildman–Crippen LogP) is 4.49. The minimum absolute atomic E-state index is 0.138. The van der Waals surface area contributed by atoms with Gasteiger partial charge in [0.1, 0.15) is 17.4 Å². The number of likely N-dealkylation sites (tertiary alicyclic amines) is 1. The van der Waals surface area contributed by atoms with Crippen molar-refractivity contribution in [1.29, 1.82) is 0 Å². The largest absolute Gasteiger partial charge is 0.485 e. The molecule has 3 nitrogen and oxygen atoms in total. The summed E-state index contributed by atoms with van der Waals surface area (Å²) in [6, 6.07) is 9.23. The molecule has 0 saturated carbocycles. The third-order valence-electron chi connectivity index (χ3n) is 5.30. The van der Waals surface area contributed by atoms with E-state index >= 15 is 0 Å². The van der Waals surface area contributed by atoms with Crippen LogP contribution in [0.5, 0.6) is 5.75 Å². The smallest absolute Gasteiger partial charge is 0.421 e. The molecule has 1 aliphatic heterocycles. The lowest BCUT2D eigenvalue weighted by atomic mass is 10.0. The lowest BCUT2D eigenvalue weighted by Crippen LogP contribution is -2.30. The number of alkyl halides is 3. The van der Waals surface area contributed by atoms with E-state index in [0.717, 1.165) is 37.8 Å². The molecule has 138 valence electrons. The number of hydrogen-bond donors (Lipinski definition) is 0. The molecule has 0 N–H and O–H groups in total. The van der Waals surface area contributed by atoms with Gasteiger partial charge in [-0.3, -0.25) is 4.98 Å². The summed E-state index contributed by atoms with van der Waals surface area (Å²) in [6.07, 6.45) is 0.555. The molecule has 2 heterocycles. The van der Waals surface area contributed by atoms with Crippen LogP contribution in [0.3, 0.4) is 0 Å². The number of benzene rings is 1. The van der Waals surface area contributed by atoms with E-state index in [2.05, 4.69) is 9.88 Å². The van der Waals surface area contributed by atoms with Gasteiger partial charge in [-0.2, -0.15) is 13.2 Å². The third kappa shape index (κ3) is 3.43. The van der Waals surface area contributed by atoms with Crippen LogP contribution in [0.4, 0.5) is 13.2 Å². The minimum Gasteiger partial charge on any atom is -0.485 e. The maximum Gasteiger partial charge on any atom is 0.421 e. The van der Waals surface area contributed by atoms with Gasteiger partial charge in [-0.1, -0.05) is 24.3 Å². The first-order valence-corrected chi connectivity index (χ1v) is 9.00. The maximum atomic E-state index is 13.3. The molecule has 1 saturated heterocycles. The Hall–Kier alpha value is -2.08. The van der Waals surface area contributed by atoms with Crippen LogP contribution in [0, 0.1) is 5.92 Å². The van der Waals surface area contributed by atoms with Crippen LogP contribution >= 0.6 is 0 Å². The Morgan fingerprint density at radius 2 is 1.88 bits per heavy atom. The fraction of sp³-hybridized carbons (Fsp3) is 0.450. The van der Waals surface area contributed by atoms with Gasteiger partial charge in [0.15, 0.2) is 0 Å². The topological polar surface area (TPSA) is 25.4 Å². The zero-order valence-electron chi connectivity index (χ0n) is 14.4. The average molecular weight is 362 g/mol. The SMILES string of the molecule is FC(F)(F)c1cnccc1O[C@H]1c2ccccc2C[C@@H]1CN1CCCC1. The van der Waals surface area contributed by atoms with Crippen molar-refractivity contribution in [2.75, 3.05) is 19.6 Å². The molecule has 2 atom stereocenters. The molecule has 2 aliphatic rings. The van der Waals surface area contributed by atoms with Crippen LogP contribution in [-0.2, 0) is 12.6 Å². The molecule has 0 radical (unpaired) electrons. The van der Waals surface area contributed by atoms with E-state index < -0.39 is 11.7 Å². The number of nitrogens with zero attached hydrogens (tertiary/aromatic N) is 2. The van der Waals surface area contributed by atoms with Crippen molar-refractivity contribution >= 4 is 0 Å². The lowest BCUT2D eigenvalue weighted by Gasteiger charge is -2.27. The standard InChI is InChI=1S/C20H21F3N2O/c21-20(22,23)17-12-24-8-7-18(17)26-19-15(13-25-9-3-4-10-25)11-14-5-1-2-6-16(14)19/h1-2,5-8,12,15,19H,3-4,9-11,13H2/t15-,19-/m1/s1. The van der Waals surface area contributed by atoms with Crippen molar-refractivity contribution < 1.29 is 17.9 Å². The molecule has 26 heavy (non-hydrogen) atoms. The van der Waals surface area contributed by atoms with Crippen LogP contribution < -0.4 is 4.74 Å². The summed E-state index contributed by atoms with van der Waals surface area (Å²) in [5, 5.41) is 0. The highest BCUT2D eigenvalue weighted by molar-refractivity contribution is 5.38. The van der Waals surface area contributed by atoms with E-state index in [1.54, 1.807) is 0 Å². The summed E-state index contributed by atoms with van der Waals surface area (Å²) >= 11 is 0. The number of ether oxygens (including phenoxy) is 1. The van der Waals surface area contributed by atoms with E-state index in [4.69, 9.17) is 4.74 Å². The Labute approximate surface area is 150 Å². The fourth-order valence-electron chi connectivity index (χ4n) is 4.09. The number of pyridine rings is 1. The average Bonchev–Trinajstić information content (AvgIpc) is 3.23. The zero-order chi connectivity index (χ0) is 18.1. The van der Waals surface area contributed by atoms with Crippen LogP contribution in [-0.4, -0.2) is 29.5 Å². The van der Waals surface area contributed by atoms with Crippen molar-refractivity contribution in [2.45, 2.75) is 31.5 Å². The molecule has 0 amide bonds. The zero-order valence-corrected chi connectivity index (χ0v) is 14.4. The highest BCUT2D eigenvalue weighted by atomic mass is 19.4. The molecule has 0 unspecified atom stereocenters. The van der Waals surface area contributed by atoms with E-state index in [-0.39, 0.29) is 17.8 Å². The van der Waals surface area contributed by atoms with E-state index in [9.17, 15) is 13.2 Å². The van der Waals surface area contributed by atoms with Gasteiger partial charge in [0.25, 0.3) is 0 Å². The minimum atomic E-state index is -4.48. The van der Waals surface area contributed by atoms with Crippen molar-refractivity contribution in [3.63, 3.8) is 0 Å². The predicted molar refractivity (Wildman–Crippen MR) is 91.9 cm³/mol. The number of hydrogen-bond acceptors (Lipinski definition) is 3. The van der Waals surface area contributed by atoms with Crippen LogP contribution in [0.25, 0.3) is 0 Å². The van der Waals surface area contributed by atoms with Crippen molar-refractivity contribution in [1.82, 2.24) is 9.88 Å². The van der Waals surface area contributed by atoms with Gasteiger partial charge in [0, 0.05) is 24.9 Å². The fourth-order valence-corrected chi connectivity index (χ4v) is 4.09. The molecule has 0 spiro atoms. The van der Waals surface area contributed by atoms with Crippen LogP contribution in [0.2, 0.25) is 0 Å². The van der Waals surface area contributed by atoms with Crippen molar-refractivity contribution in [3.8, 4) is 5.75 Å². The summed E-state index contributed by atoms with van der Waals surface area (Å²) in [5.41, 5.74) is 1.36. The van der Waals surface area contributed by atoms with E-state index in [1.165, 1.54) is 30.7 Å². The summed E-state index contributed by atoms with van der Waals surface area (Å²) in [7, 11) is 0. The monoisotopic (exact) mass is 362 g/mol. The highest BCUT2D eigenvalue weighted by Gasteiger charge is 2.39. The molecular formula is C20H21F3N2O. The molecule has 0 bridgehead atoms. The quantitative estimate of drug-likeness (QED) is 0.801. The van der Waals surface area contributed by atoms with Gasteiger partial charge in [0.05, 0.1) is 0 Å². The Morgan fingerprint density at radius 3 is 2.65 bits per heavy atom. The Kier molecular flexibility index (Phi) is 4.61. The van der Waals surface area contributed by atoms with Crippen molar-refractivity contribution in [3.05, 3.63) is 59.4 Å². The molecule has 4 rings (SSSR count). The van der Waals surface area contributed by atoms with Crippen LogP contribution in [0.1, 0.15) is 35.6 Å². The van der Waals surface area contributed by atoms with Gasteiger partial charge in [0.2, 0.25) is 0 Å². The second-order valence-electron chi connectivity index (χ2n) is 7.08. The first-order valence-electron chi connectivity index (χ1n) is 9.00. The second-order valence-corrected chi connectivity index (χ2v) is 7.08. The van der Waals surface area contributed by atoms with E-state index in [0.29, 0.717) is 0 Å². The molecule has 1 fully saturated rings. The van der Waals surface area contributed by atoms with Gasteiger partial charge in [-0.25, -0.2) is 0 Å². The second kappa shape index (κ2) is 6.91. The molecule has 1 aliphatic carbocycles. The third-order valence-corrected chi connectivity index (χ3v) is 5.30. The Bertz CT molecular complexity index is 772. The summed E-state index contributed by atoms with van der Waals surface area (Å²) in [6.45, 7) is 2.97. The maximum absolute atomic E-state index is 13.3. The van der Waals surface area contributed by atoms with Crippen LogP contribution in [0.15, 0.2) is 42.7 Å². The number of fused-ring (bicyclic) bond motifs is 1. The molecule has 1 aromatic heterocycles. The van der Waals surface area contributed by atoms with Gasteiger partial charge in [-0.05, 0) is 49.5 Å². The molecular weight excluding hydrogens is 341 g/mol. The van der Waals surface area contributed by atoms with Gasteiger partial charge in [-0.15, -0.1) is 0 Å². The molecule has 1 aromatic carbocycles. The first kappa shape index (κ1) is 17.3. The van der Waals surface area contributed by atoms with Gasteiger partial charge < -0.3 is 9.64 Å². The molecule has 2 aromatic rings. The normalized spacial score (nSPS) is 23.2. The molecule has 6 heteroatoms. The first-order chi connectivity index (χ1) is 12.5. The van der Waals surface area contributed by atoms with Gasteiger partial charge >= 0.3 is 6.18 Å². The lowest BCUT2D eigenvalue weighted by molar-refractivity contribution is -0.139. The Balaban J connectivity index is 1.63. The summed E-state index contributed by atoms with van der Waals surface area (Å²) < 4.78 is 45.9. The van der Waals surface area contributed by atoms with E-state index in [1.807, 2.05) is 24.3 Å². The number of halogens is 3. The highest BCUT2D eigenvalue weighted by Crippen LogP contribution is 2.43. The summed E-state index contributed by atoms with van der Waals surface area (Å²) in [5.74, 6) is 0.0142. The number of aromatic nitrogens is 1. The number of rotatable bonds is 4. The van der Waals surface area contributed by atoms with Crippen molar-refractivity contribution in [2.24, 2.45) is 5.92 Å².